The SMILES string of the molecule is CN[C@@H]1CN(c2c(F)cc3c(=O)c(C(=O)O)cn(C4CC4)c3c2OC)C[C@@H]1OC. The molecule has 156 valence electrons. The van der Waals surface area contributed by atoms with Crippen molar-refractivity contribution in [3.05, 3.63) is 33.9 Å². The second-order valence-corrected chi connectivity index (χ2v) is 7.53. The smallest absolute Gasteiger partial charge is 0.341 e. The molecule has 9 heteroatoms. The van der Waals surface area contributed by atoms with E-state index in [1.165, 1.54) is 13.3 Å². The molecule has 0 spiro atoms. The Kier molecular flexibility index (Phi) is 4.95. The molecule has 1 saturated heterocycles. The van der Waals surface area contributed by atoms with Gasteiger partial charge in [0.1, 0.15) is 11.3 Å². The Morgan fingerprint density at radius 2 is 2.03 bits per heavy atom. The summed E-state index contributed by atoms with van der Waals surface area (Å²) in [5, 5.41) is 12.6. The number of likely N-dealkylation sites (N-methyl/N-ethyl adjacent to an activating group) is 1. The molecule has 0 bridgehead atoms. The molecule has 2 aliphatic rings. The normalized spacial score (nSPS) is 21.7. The number of anilines is 1. The summed E-state index contributed by atoms with van der Waals surface area (Å²) >= 11 is 0. The van der Waals surface area contributed by atoms with Crippen LogP contribution in [0.3, 0.4) is 0 Å². The number of methoxy groups -OCH3 is 2. The first-order chi connectivity index (χ1) is 13.9. The summed E-state index contributed by atoms with van der Waals surface area (Å²) in [7, 11) is 4.88. The molecular weight excluding hydrogens is 381 g/mol. The molecule has 0 unspecified atom stereocenters. The molecule has 4 rings (SSSR count). The van der Waals surface area contributed by atoms with E-state index in [1.807, 2.05) is 11.9 Å². The maximum Gasteiger partial charge on any atom is 0.341 e. The van der Waals surface area contributed by atoms with Crippen LogP contribution in [0.1, 0.15) is 29.2 Å². The molecule has 1 aromatic carbocycles. The minimum absolute atomic E-state index is 0.0137. The Labute approximate surface area is 166 Å². The molecular formula is C20H24FN3O5. The molecule has 1 saturated carbocycles. The van der Waals surface area contributed by atoms with Crippen LogP contribution in [-0.4, -0.2) is 62.1 Å². The van der Waals surface area contributed by atoms with E-state index in [4.69, 9.17) is 9.47 Å². The van der Waals surface area contributed by atoms with E-state index in [-0.39, 0.29) is 40.6 Å². The van der Waals surface area contributed by atoms with Crippen LogP contribution in [0, 0.1) is 5.82 Å². The van der Waals surface area contributed by atoms with Crippen molar-refractivity contribution in [3.63, 3.8) is 0 Å². The van der Waals surface area contributed by atoms with Gasteiger partial charge in [0.15, 0.2) is 11.6 Å². The molecule has 2 aromatic rings. The number of nitrogens with one attached hydrogen (secondary N) is 1. The third-order valence-corrected chi connectivity index (χ3v) is 5.83. The van der Waals surface area contributed by atoms with Crippen molar-refractivity contribution in [1.29, 1.82) is 0 Å². The third-order valence-electron chi connectivity index (χ3n) is 5.83. The van der Waals surface area contributed by atoms with Gasteiger partial charge in [-0.15, -0.1) is 0 Å². The number of benzene rings is 1. The molecule has 0 amide bonds. The fourth-order valence-electron chi connectivity index (χ4n) is 4.20. The highest BCUT2D eigenvalue weighted by Crippen LogP contribution is 2.44. The quantitative estimate of drug-likeness (QED) is 0.754. The number of pyridine rings is 1. The minimum atomic E-state index is -1.32. The van der Waals surface area contributed by atoms with E-state index in [2.05, 4.69) is 5.32 Å². The number of carboxylic acid groups (broad SMARTS) is 1. The molecule has 0 radical (unpaired) electrons. The van der Waals surface area contributed by atoms with Gasteiger partial charge in [-0.25, -0.2) is 9.18 Å². The van der Waals surface area contributed by atoms with E-state index in [9.17, 15) is 14.7 Å². The van der Waals surface area contributed by atoms with Gasteiger partial charge in [0.25, 0.3) is 0 Å². The zero-order valence-electron chi connectivity index (χ0n) is 16.6. The van der Waals surface area contributed by atoms with E-state index in [1.54, 1.807) is 11.7 Å². The van der Waals surface area contributed by atoms with Gasteiger partial charge in [-0.2, -0.15) is 0 Å². The number of nitrogens with zero attached hydrogens (tertiary/aromatic N) is 2. The van der Waals surface area contributed by atoms with Gasteiger partial charge in [-0.05, 0) is 26.0 Å². The molecule has 8 nitrogen and oxygen atoms in total. The van der Waals surface area contributed by atoms with E-state index in [0.717, 1.165) is 18.9 Å². The topological polar surface area (TPSA) is 93.0 Å². The summed E-state index contributed by atoms with van der Waals surface area (Å²) in [5.74, 6) is -1.70. The molecule has 2 heterocycles. The van der Waals surface area contributed by atoms with Crippen molar-refractivity contribution in [2.24, 2.45) is 0 Å². The lowest BCUT2D eigenvalue weighted by molar-refractivity contribution is 0.0694. The summed E-state index contributed by atoms with van der Waals surface area (Å²) in [6, 6.07) is 1.22. The van der Waals surface area contributed by atoms with Crippen molar-refractivity contribution in [3.8, 4) is 5.75 Å². The van der Waals surface area contributed by atoms with Crippen LogP contribution in [0.25, 0.3) is 10.9 Å². The van der Waals surface area contributed by atoms with Crippen molar-refractivity contribution in [1.82, 2.24) is 9.88 Å². The zero-order valence-corrected chi connectivity index (χ0v) is 16.6. The first-order valence-electron chi connectivity index (χ1n) is 9.54. The van der Waals surface area contributed by atoms with Gasteiger partial charge in [0.05, 0.1) is 30.2 Å². The van der Waals surface area contributed by atoms with Crippen molar-refractivity contribution in [2.45, 2.75) is 31.0 Å². The average Bonchev–Trinajstić information content (AvgIpc) is 3.46. The van der Waals surface area contributed by atoms with Crippen LogP contribution < -0.4 is 20.4 Å². The lowest BCUT2D eigenvalue weighted by atomic mass is 10.1. The van der Waals surface area contributed by atoms with Crippen LogP contribution in [0.4, 0.5) is 10.1 Å². The predicted octanol–water partition coefficient (Wildman–Crippen LogP) is 1.61. The van der Waals surface area contributed by atoms with Crippen LogP contribution >= 0.6 is 0 Å². The van der Waals surface area contributed by atoms with Gasteiger partial charge >= 0.3 is 5.97 Å². The minimum Gasteiger partial charge on any atom is -0.492 e. The fraction of sp³-hybridized carbons (Fsp3) is 0.500. The second-order valence-electron chi connectivity index (χ2n) is 7.53. The van der Waals surface area contributed by atoms with Gasteiger partial charge in [0, 0.05) is 32.4 Å². The molecule has 2 fully saturated rings. The number of fused-ring (bicyclic) bond motifs is 1. The van der Waals surface area contributed by atoms with Crippen LogP contribution in [0.5, 0.6) is 5.75 Å². The number of aromatic carboxylic acids is 1. The Hall–Kier alpha value is -2.65. The number of carbonyl (C=O) groups is 1. The maximum absolute atomic E-state index is 15.3. The number of ether oxygens (including phenoxy) is 2. The fourth-order valence-corrected chi connectivity index (χ4v) is 4.20. The molecule has 1 aliphatic carbocycles. The Balaban J connectivity index is 1.97. The summed E-state index contributed by atoms with van der Waals surface area (Å²) in [6.45, 7) is 0.969. The van der Waals surface area contributed by atoms with Crippen LogP contribution in [0.2, 0.25) is 0 Å². The number of hydrogen-bond acceptors (Lipinski definition) is 6. The monoisotopic (exact) mass is 405 g/mol. The Morgan fingerprint density at radius 3 is 2.55 bits per heavy atom. The standard InChI is InChI=1S/C20H24FN3O5/c1-22-14-8-23(9-15(14)28-2)17-13(21)6-11-16(19(17)29-3)24(10-4-5-10)7-12(18(11)25)20(26)27/h6-7,10,14-15,22H,4-5,8-9H2,1-3H3,(H,26,27)/t14-,15+/m1/s1. The summed E-state index contributed by atoms with van der Waals surface area (Å²) < 4.78 is 28.1. The van der Waals surface area contributed by atoms with E-state index in [0.29, 0.717) is 18.6 Å². The van der Waals surface area contributed by atoms with Crippen molar-refractivity contribution in [2.75, 3.05) is 39.3 Å². The summed E-state index contributed by atoms with van der Waals surface area (Å²) in [5.41, 5.74) is -0.383. The van der Waals surface area contributed by atoms with Gasteiger partial charge in [-0.1, -0.05) is 0 Å². The lowest BCUT2D eigenvalue weighted by Crippen LogP contribution is -2.37. The van der Waals surface area contributed by atoms with Crippen molar-refractivity contribution >= 4 is 22.6 Å². The molecule has 2 N–H and O–H groups in total. The van der Waals surface area contributed by atoms with E-state index < -0.39 is 17.2 Å². The molecule has 2 atom stereocenters. The number of carboxylic acids is 1. The highest BCUT2D eigenvalue weighted by atomic mass is 19.1. The number of halogens is 1. The average molecular weight is 405 g/mol. The second kappa shape index (κ2) is 7.31. The molecule has 1 aliphatic heterocycles. The van der Waals surface area contributed by atoms with E-state index >= 15 is 4.39 Å². The van der Waals surface area contributed by atoms with Crippen molar-refractivity contribution < 1.29 is 23.8 Å². The highest BCUT2D eigenvalue weighted by Gasteiger charge is 2.37. The predicted molar refractivity (Wildman–Crippen MR) is 106 cm³/mol. The number of hydrogen-bond donors (Lipinski definition) is 2. The first-order valence-corrected chi connectivity index (χ1v) is 9.54. The highest BCUT2D eigenvalue weighted by molar-refractivity contribution is 5.97. The maximum atomic E-state index is 15.3. The number of aromatic nitrogens is 1. The zero-order chi connectivity index (χ0) is 20.9. The van der Waals surface area contributed by atoms with Gasteiger partial charge < -0.3 is 29.4 Å². The molecule has 29 heavy (non-hydrogen) atoms. The lowest BCUT2D eigenvalue weighted by Gasteiger charge is -2.24. The number of rotatable bonds is 6. The molecule has 1 aromatic heterocycles. The Bertz CT molecular complexity index is 1020. The van der Waals surface area contributed by atoms with Gasteiger partial charge in [0.2, 0.25) is 5.43 Å². The third kappa shape index (κ3) is 3.14. The van der Waals surface area contributed by atoms with Gasteiger partial charge in [-0.3, -0.25) is 4.79 Å². The Morgan fingerprint density at radius 1 is 1.31 bits per heavy atom. The summed E-state index contributed by atoms with van der Waals surface area (Å²) in [4.78, 5) is 26.1. The van der Waals surface area contributed by atoms with Crippen LogP contribution in [-0.2, 0) is 4.74 Å². The summed E-state index contributed by atoms with van der Waals surface area (Å²) in [6.07, 6.45) is 2.96. The van der Waals surface area contributed by atoms with Crippen LogP contribution in [0.15, 0.2) is 17.1 Å². The largest absolute Gasteiger partial charge is 0.492 e. The first kappa shape index (κ1) is 19.7.